The molecule has 2 aromatic carbocycles. The van der Waals surface area contributed by atoms with Crippen LogP contribution < -0.4 is 10.9 Å². The van der Waals surface area contributed by atoms with Gasteiger partial charge in [-0.3, -0.25) is 20.4 Å². The van der Waals surface area contributed by atoms with Crippen molar-refractivity contribution in [3.05, 3.63) is 60.4 Å². The monoisotopic (exact) mass is 378 g/mol. The molecule has 0 bridgehead atoms. The lowest BCUT2D eigenvalue weighted by atomic mass is 10.3. The lowest BCUT2D eigenvalue weighted by Gasteiger charge is -2.07. The lowest BCUT2D eigenvalue weighted by molar-refractivity contribution is -0.127. The zero-order chi connectivity index (χ0) is 17.9. The third-order valence-electron chi connectivity index (χ3n) is 3.10. The maximum absolute atomic E-state index is 13.4. The summed E-state index contributed by atoms with van der Waals surface area (Å²) in [4.78, 5) is 24.9. The van der Waals surface area contributed by atoms with E-state index in [2.05, 4.69) is 10.9 Å². The summed E-state index contributed by atoms with van der Waals surface area (Å²) in [5.41, 5.74) is 4.72. The number of carbonyl (C=O) groups excluding carboxylic acids is 2. The van der Waals surface area contributed by atoms with Gasteiger partial charge in [-0.25, -0.2) is 4.39 Å². The Morgan fingerprint density at radius 1 is 0.880 bits per heavy atom. The molecule has 0 atom stereocenters. The molecular formula is C18H19FN2O2S2. The number of carbonyl (C=O) groups is 2. The number of thioether (sulfide) groups is 2. The largest absolute Gasteiger partial charge is 0.273 e. The Bertz CT molecular complexity index is 698. The Morgan fingerprint density at radius 2 is 1.56 bits per heavy atom. The molecule has 0 aliphatic rings. The second kappa shape index (κ2) is 10.8. The molecule has 7 heteroatoms. The summed E-state index contributed by atoms with van der Waals surface area (Å²) in [5, 5.41) is 0. The third kappa shape index (κ3) is 7.62. The van der Waals surface area contributed by atoms with E-state index in [1.807, 2.05) is 30.3 Å². The maximum atomic E-state index is 13.4. The SMILES string of the molecule is O=C(CCCSc1ccccc1)NNC(=O)CSc1ccccc1F. The number of hydrogen-bond donors (Lipinski definition) is 2. The van der Waals surface area contributed by atoms with Crippen LogP contribution in [0.4, 0.5) is 4.39 Å². The molecule has 25 heavy (non-hydrogen) atoms. The highest BCUT2D eigenvalue weighted by Crippen LogP contribution is 2.20. The Balaban J connectivity index is 1.56. The zero-order valence-corrected chi connectivity index (χ0v) is 15.2. The molecule has 0 heterocycles. The maximum Gasteiger partial charge on any atom is 0.248 e. The van der Waals surface area contributed by atoms with Crippen molar-refractivity contribution >= 4 is 35.3 Å². The van der Waals surface area contributed by atoms with Gasteiger partial charge < -0.3 is 0 Å². The van der Waals surface area contributed by atoms with Crippen LogP contribution in [0.25, 0.3) is 0 Å². The van der Waals surface area contributed by atoms with E-state index in [9.17, 15) is 14.0 Å². The average molecular weight is 378 g/mol. The molecule has 2 rings (SSSR count). The fourth-order valence-corrected chi connectivity index (χ4v) is 3.50. The van der Waals surface area contributed by atoms with E-state index in [-0.39, 0.29) is 23.4 Å². The van der Waals surface area contributed by atoms with E-state index < -0.39 is 0 Å². The molecule has 0 aromatic heterocycles. The highest BCUT2D eigenvalue weighted by molar-refractivity contribution is 8.00. The van der Waals surface area contributed by atoms with Gasteiger partial charge in [-0.05, 0) is 36.4 Å². The minimum atomic E-state index is -0.375. The van der Waals surface area contributed by atoms with Crippen LogP contribution in [0.5, 0.6) is 0 Å². The van der Waals surface area contributed by atoms with Crippen molar-refractivity contribution < 1.29 is 14.0 Å². The molecule has 0 saturated carbocycles. The van der Waals surface area contributed by atoms with Crippen LogP contribution in [-0.4, -0.2) is 23.3 Å². The van der Waals surface area contributed by atoms with E-state index in [1.54, 1.807) is 30.0 Å². The van der Waals surface area contributed by atoms with Crippen molar-refractivity contribution in [2.24, 2.45) is 0 Å². The Hall–Kier alpha value is -1.99. The van der Waals surface area contributed by atoms with Gasteiger partial charge in [0.05, 0.1) is 5.75 Å². The van der Waals surface area contributed by atoms with E-state index in [4.69, 9.17) is 0 Å². The van der Waals surface area contributed by atoms with Crippen molar-refractivity contribution in [3.8, 4) is 0 Å². The summed E-state index contributed by atoms with van der Waals surface area (Å²) in [7, 11) is 0. The molecule has 0 fully saturated rings. The molecule has 4 nitrogen and oxygen atoms in total. The predicted molar refractivity (Wildman–Crippen MR) is 99.8 cm³/mol. The van der Waals surface area contributed by atoms with Crippen LogP contribution in [0.15, 0.2) is 64.4 Å². The second-order valence-corrected chi connectivity index (χ2v) is 7.27. The Kier molecular flexibility index (Phi) is 8.34. The second-order valence-electron chi connectivity index (χ2n) is 5.08. The summed E-state index contributed by atoms with van der Waals surface area (Å²) in [6, 6.07) is 16.2. The topological polar surface area (TPSA) is 58.2 Å². The van der Waals surface area contributed by atoms with Crippen LogP contribution in [-0.2, 0) is 9.59 Å². The molecular weight excluding hydrogens is 359 g/mol. The first kappa shape index (κ1) is 19.3. The average Bonchev–Trinajstić information content (AvgIpc) is 2.64. The third-order valence-corrected chi connectivity index (χ3v) is 5.24. The number of benzene rings is 2. The Morgan fingerprint density at radius 3 is 2.32 bits per heavy atom. The van der Waals surface area contributed by atoms with Crippen LogP contribution in [0, 0.1) is 5.82 Å². The standard InChI is InChI=1S/C18H19FN2O2S2/c19-15-9-4-5-10-16(15)25-13-18(23)21-20-17(22)11-6-12-24-14-7-2-1-3-8-14/h1-5,7-10H,6,11-13H2,(H,20,22)(H,21,23). The van der Waals surface area contributed by atoms with Crippen LogP contribution in [0.2, 0.25) is 0 Å². The first-order valence-electron chi connectivity index (χ1n) is 7.78. The quantitative estimate of drug-likeness (QED) is 0.418. The van der Waals surface area contributed by atoms with Gasteiger partial charge in [0.2, 0.25) is 11.8 Å². The van der Waals surface area contributed by atoms with E-state index in [0.29, 0.717) is 17.7 Å². The van der Waals surface area contributed by atoms with E-state index in [0.717, 1.165) is 17.5 Å². The first-order chi connectivity index (χ1) is 12.1. The normalized spacial score (nSPS) is 10.3. The van der Waals surface area contributed by atoms with Gasteiger partial charge >= 0.3 is 0 Å². The van der Waals surface area contributed by atoms with Crippen molar-refractivity contribution in [1.29, 1.82) is 0 Å². The van der Waals surface area contributed by atoms with Gasteiger partial charge in [-0.15, -0.1) is 23.5 Å². The molecule has 2 amide bonds. The number of nitrogens with one attached hydrogen (secondary N) is 2. The van der Waals surface area contributed by atoms with E-state index >= 15 is 0 Å². The summed E-state index contributed by atoms with van der Waals surface area (Å²) in [5.74, 6) is -0.113. The first-order valence-corrected chi connectivity index (χ1v) is 9.75. The van der Waals surface area contributed by atoms with Crippen LogP contribution in [0.1, 0.15) is 12.8 Å². The van der Waals surface area contributed by atoms with E-state index in [1.165, 1.54) is 11.0 Å². The van der Waals surface area contributed by atoms with Gasteiger partial charge in [0.15, 0.2) is 0 Å². The number of hydrazine groups is 1. The molecule has 0 saturated heterocycles. The van der Waals surface area contributed by atoms with Crippen molar-refractivity contribution in [2.45, 2.75) is 22.6 Å². The summed E-state index contributed by atoms with van der Waals surface area (Å²) in [6.07, 6.45) is 1.05. The lowest BCUT2D eigenvalue weighted by Crippen LogP contribution is -2.42. The number of halogens is 1. The highest BCUT2D eigenvalue weighted by Gasteiger charge is 2.07. The van der Waals surface area contributed by atoms with Crippen molar-refractivity contribution in [3.63, 3.8) is 0 Å². The molecule has 0 aliphatic carbocycles. The van der Waals surface area contributed by atoms with Gasteiger partial charge in [0.1, 0.15) is 5.82 Å². The smallest absolute Gasteiger partial charge is 0.248 e. The number of rotatable bonds is 8. The summed E-state index contributed by atoms with van der Waals surface area (Å²) >= 11 is 2.77. The minimum absolute atomic E-state index is 0.0328. The van der Waals surface area contributed by atoms with Crippen LogP contribution >= 0.6 is 23.5 Å². The molecule has 2 aromatic rings. The molecule has 0 aliphatic heterocycles. The summed E-state index contributed by atoms with van der Waals surface area (Å²) in [6.45, 7) is 0. The van der Waals surface area contributed by atoms with Gasteiger partial charge in [0.25, 0.3) is 0 Å². The van der Waals surface area contributed by atoms with Gasteiger partial charge in [-0.2, -0.15) is 0 Å². The predicted octanol–water partition coefficient (Wildman–Crippen LogP) is 3.64. The van der Waals surface area contributed by atoms with Gasteiger partial charge in [0, 0.05) is 16.2 Å². The number of hydrogen-bond acceptors (Lipinski definition) is 4. The molecule has 0 unspecified atom stereocenters. The fraction of sp³-hybridized carbons (Fsp3) is 0.222. The van der Waals surface area contributed by atoms with Crippen molar-refractivity contribution in [2.75, 3.05) is 11.5 Å². The minimum Gasteiger partial charge on any atom is -0.273 e. The molecule has 132 valence electrons. The Labute approximate surface area is 154 Å². The fourth-order valence-electron chi connectivity index (χ4n) is 1.88. The zero-order valence-electron chi connectivity index (χ0n) is 13.5. The molecule has 2 N–H and O–H groups in total. The van der Waals surface area contributed by atoms with Crippen molar-refractivity contribution in [1.82, 2.24) is 10.9 Å². The molecule has 0 radical (unpaired) electrons. The summed E-state index contributed by atoms with van der Waals surface area (Å²) < 4.78 is 13.4. The van der Waals surface area contributed by atoms with Gasteiger partial charge in [-0.1, -0.05) is 30.3 Å². The van der Waals surface area contributed by atoms with Crippen LogP contribution in [0.3, 0.4) is 0 Å². The molecule has 0 spiro atoms. The highest BCUT2D eigenvalue weighted by atomic mass is 32.2. The number of amides is 2.